The molecule has 0 unspecified atom stereocenters. The number of rotatable bonds is 7. The zero-order valence-electron chi connectivity index (χ0n) is 13.7. The number of hydrogen-bond acceptors (Lipinski definition) is 5. The Morgan fingerprint density at radius 2 is 1.73 bits per heavy atom. The molecule has 0 heterocycles. The highest BCUT2D eigenvalue weighted by molar-refractivity contribution is 5.92. The molecule has 0 radical (unpaired) electrons. The zero-order chi connectivity index (χ0) is 16.7. The highest BCUT2D eigenvalue weighted by Crippen LogP contribution is 2.29. The van der Waals surface area contributed by atoms with Gasteiger partial charge in [0.05, 0.1) is 19.8 Å². The molecule has 0 spiro atoms. The van der Waals surface area contributed by atoms with Crippen LogP contribution in [-0.2, 0) is 9.53 Å². The lowest BCUT2D eigenvalue weighted by Crippen LogP contribution is -2.35. The monoisotopic (exact) mass is 309 g/mol. The molecule has 0 aliphatic rings. The SMILES string of the molecule is CC[C@@H](C)NC(=O)COC(=O)c1cc(OC)c(C)c(OC)c1. The molecule has 0 bridgehead atoms. The van der Waals surface area contributed by atoms with E-state index in [1.165, 1.54) is 14.2 Å². The minimum absolute atomic E-state index is 0.0470. The Bertz CT molecular complexity index is 516. The van der Waals surface area contributed by atoms with Crippen LogP contribution < -0.4 is 14.8 Å². The lowest BCUT2D eigenvalue weighted by Gasteiger charge is -2.13. The van der Waals surface area contributed by atoms with Crippen LogP contribution in [0.3, 0.4) is 0 Å². The van der Waals surface area contributed by atoms with Crippen LogP contribution in [0.25, 0.3) is 0 Å². The Labute approximate surface area is 130 Å². The van der Waals surface area contributed by atoms with E-state index in [9.17, 15) is 9.59 Å². The molecule has 1 aromatic carbocycles. The molecule has 6 heteroatoms. The predicted molar refractivity (Wildman–Crippen MR) is 82.5 cm³/mol. The number of carbonyl (C=O) groups excluding carboxylic acids is 2. The number of ether oxygens (including phenoxy) is 3. The van der Waals surface area contributed by atoms with E-state index in [0.29, 0.717) is 11.5 Å². The van der Waals surface area contributed by atoms with E-state index in [-0.39, 0.29) is 24.1 Å². The number of methoxy groups -OCH3 is 2. The molecule has 22 heavy (non-hydrogen) atoms. The van der Waals surface area contributed by atoms with Gasteiger partial charge in [0.15, 0.2) is 6.61 Å². The summed E-state index contributed by atoms with van der Waals surface area (Å²) in [6.45, 7) is 5.35. The largest absolute Gasteiger partial charge is 0.496 e. The molecule has 122 valence electrons. The van der Waals surface area contributed by atoms with E-state index >= 15 is 0 Å². The first-order chi connectivity index (χ1) is 10.4. The molecular formula is C16H23NO5. The summed E-state index contributed by atoms with van der Waals surface area (Å²) in [4.78, 5) is 23.6. The minimum Gasteiger partial charge on any atom is -0.496 e. The van der Waals surface area contributed by atoms with Crippen molar-refractivity contribution in [3.05, 3.63) is 23.3 Å². The summed E-state index contributed by atoms with van der Waals surface area (Å²) in [6.07, 6.45) is 0.812. The first-order valence-electron chi connectivity index (χ1n) is 7.12. The maximum Gasteiger partial charge on any atom is 0.338 e. The molecule has 1 atom stereocenters. The smallest absolute Gasteiger partial charge is 0.338 e. The Kier molecular flexibility index (Phi) is 6.69. The highest BCUT2D eigenvalue weighted by atomic mass is 16.5. The first kappa shape index (κ1) is 17.8. The van der Waals surface area contributed by atoms with E-state index in [0.717, 1.165) is 12.0 Å². The lowest BCUT2D eigenvalue weighted by molar-refractivity contribution is -0.124. The number of esters is 1. The molecule has 1 aromatic rings. The maximum atomic E-state index is 12.0. The van der Waals surface area contributed by atoms with Crippen molar-refractivity contribution in [3.63, 3.8) is 0 Å². The average molecular weight is 309 g/mol. The Morgan fingerprint density at radius 3 is 2.18 bits per heavy atom. The molecule has 1 rings (SSSR count). The minimum atomic E-state index is -0.601. The van der Waals surface area contributed by atoms with Crippen molar-refractivity contribution in [1.82, 2.24) is 5.32 Å². The van der Waals surface area contributed by atoms with Gasteiger partial charge in [0.25, 0.3) is 5.91 Å². The van der Waals surface area contributed by atoms with Gasteiger partial charge >= 0.3 is 5.97 Å². The third kappa shape index (κ3) is 4.65. The van der Waals surface area contributed by atoms with Crippen LogP contribution in [0.2, 0.25) is 0 Å². The van der Waals surface area contributed by atoms with E-state index in [1.807, 2.05) is 20.8 Å². The van der Waals surface area contributed by atoms with Crippen LogP contribution in [0.5, 0.6) is 11.5 Å². The van der Waals surface area contributed by atoms with Crippen molar-refractivity contribution in [2.24, 2.45) is 0 Å². The Morgan fingerprint density at radius 1 is 1.18 bits per heavy atom. The topological polar surface area (TPSA) is 73.9 Å². The van der Waals surface area contributed by atoms with E-state index in [2.05, 4.69) is 5.32 Å². The first-order valence-corrected chi connectivity index (χ1v) is 7.12. The van der Waals surface area contributed by atoms with Crippen LogP contribution >= 0.6 is 0 Å². The van der Waals surface area contributed by atoms with Gasteiger partial charge in [-0.2, -0.15) is 0 Å². The predicted octanol–water partition coefficient (Wildman–Crippen LogP) is 2.08. The second-order valence-corrected chi connectivity index (χ2v) is 4.96. The molecule has 0 fully saturated rings. The third-order valence-electron chi connectivity index (χ3n) is 3.34. The number of carbonyl (C=O) groups is 2. The normalized spacial score (nSPS) is 11.5. The molecule has 0 saturated heterocycles. The number of nitrogens with one attached hydrogen (secondary N) is 1. The molecule has 0 aliphatic carbocycles. The Hall–Kier alpha value is -2.24. The van der Waals surface area contributed by atoms with Gasteiger partial charge in [-0.05, 0) is 32.4 Å². The number of hydrogen-bond donors (Lipinski definition) is 1. The van der Waals surface area contributed by atoms with Gasteiger partial charge < -0.3 is 19.5 Å². The Balaban J connectivity index is 2.75. The molecule has 0 aromatic heterocycles. The third-order valence-corrected chi connectivity index (χ3v) is 3.34. The molecule has 1 N–H and O–H groups in total. The molecular weight excluding hydrogens is 286 g/mol. The summed E-state index contributed by atoms with van der Waals surface area (Å²) >= 11 is 0. The summed E-state index contributed by atoms with van der Waals surface area (Å²) in [5.41, 5.74) is 1.06. The number of benzene rings is 1. The summed E-state index contributed by atoms with van der Waals surface area (Å²) < 4.78 is 15.4. The standard InChI is InChI=1S/C16H23NO5/c1-6-10(2)17-15(18)9-22-16(19)12-7-13(20-4)11(3)14(8-12)21-5/h7-8,10H,6,9H2,1-5H3,(H,17,18)/t10-/m1/s1. The molecule has 1 amide bonds. The van der Waals surface area contributed by atoms with Gasteiger partial charge in [-0.15, -0.1) is 0 Å². The summed E-state index contributed by atoms with van der Waals surface area (Å²) in [5, 5.41) is 2.73. The van der Waals surface area contributed by atoms with Crippen molar-refractivity contribution in [1.29, 1.82) is 0 Å². The molecule has 6 nitrogen and oxygen atoms in total. The van der Waals surface area contributed by atoms with Gasteiger partial charge in [0.1, 0.15) is 11.5 Å². The van der Waals surface area contributed by atoms with Gasteiger partial charge in [-0.1, -0.05) is 6.92 Å². The summed E-state index contributed by atoms with van der Waals surface area (Å²) in [5.74, 6) is 0.121. The quantitative estimate of drug-likeness (QED) is 0.781. The van der Waals surface area contributed by atoms with E-state index < -0.39 is 5.97 Å². The van der Waals surface area contributed by atoms with Crippen LogP contribution in [0, 0.1) is 6.92 Å². The maximum absolute atomic E-state index is 12.0. The van der Waals surface area contributed by atoms with Crippen LogP contribution in [0.15, 0.2) is 12.1 Å². The van der Waals surface area contributed by atoms with Gasteiger partial charge in [-0.3, -0.25) is 4.79 Å². The van der Waals surface area contributed by atoms with Crippen LogP contribution in [0.1, 0.15) is 36.2 Å². The second kappa shape index (κ2) is 8.26. The van der Waals surface area contributed by atoms with Crippen LogP contribution in [0.4, 0.5) is 0 Å². The zero-order valence-corrected chi connectivity index (χ0v) is 13.7. The second-order valence-electron chi connectivity index (χ2n) is 4.96. The molecule has 0 aliphatic heterocycles. The summed E-state index contributed by atoms with van der Waals surface area (Å²) in [7, 11) is 3.02. The number of amides is 1. The van der Waals surface area contributed by atoms with Crippen molar-refractivity contribution in [2.75, 3.05) is 20.8 Å². The van der Waals surface area contributed by atoms with Gasteiger partial charge in [0.2, 0.25) is 0 Å². The fraction of sp³-hybridized carbons (Fsp3) is 0.500. The van der Waals surface area contributed by atoms with E-state index in [1.54, 1.807) is 12.1 Å². The van der Waals surface area contributed by atoms with Gasteiger partial charge in [0, 0.05) is 11.6 Å². The van der Waals surface area contributed by atoms with Crippen LogP contribution in [-0.4, -0.2) is 38.7 Å². The van der Waals surface area contributed by atoms with Crippen molar-refractivity contribution in [3.8, 4) is 11.5 Å². The van der Waals surface area contributed by atoms with Gasteiger partial charge in [-0.25, -0.2) is 4.79 Å². The average Bonchev–Trinajstić information content (AvgIpc) is 2.52. The van der Waals surface area contributed by atoms with E-state index in [4.69, 9.17) is 14.2 Å². The van der Waals surface area contributed by atoms with Crippen molar-refractivity contribution >= 4 is 11.9 Å². The lowest BCUT2D eigenvalue weighted by atomic mass is 10.1. The van der Waals surface area contributed by atoms with Crippen molar-refractivity contribution in [2.45, 2.75) is 33.2 Å². The fourth-order valence-corrected chi connectivity index (χ4v) is 1.84. The van der Waals surface area contributed by atoms with Crippen molar-refractivity contribution < 1.29 is 23.8 Å². The summed E-state index contributed by atoms with van der Waals surface area (Å²) in [6, 6.07) is 3.17. The fourth-order valence-electron chi connectivity index (χ4n) is 1.84. The highest BCUT2D eigenvalue weighted by Gasteiger charge is 2.16. The molecule has 0 saturated carbocycles.